The summed E-state index contributed by atoms with van der Waals surface area (Å²) in [4.78, 5) is 12.5. The lowest BCUT2D eigenvalue weighted by Crippen LogP contribution is -2.48. The second-order valence-corrected chi connectivity index (χ2v) is 6.65. The molecule has 0 amide bonds. The summed E-state index contributed by atoms with van der Waals surface area (Å²) >= 11 is 0. The fourth-order valence-electron chi connectivity index (χ4n) is 1.08. The Bertz CT molecular complexity index is 559. The molecule has 2 N–H and O–H groups in total. The first-order valence-electron chi connectivity index (χ1n) is 5.56. The maximum absolute atomic E-state index is 11.9. The highest BCUT2D eigenvalue weighted by Gasteiger charge is 2.26. The van der Waals surface area contributed by atoms with Crippen LogP contribution >= 0.6 is 0 Å². The summed E-state index contributed by atoms with van der Waals surface area (Å²) < 4.78 is 31.0. The molecule has 0 aromatic carbocycles. The lowest BCUT2D eigenvalue weighted by Gasteiger charge is -2.32. The summed E-state index contributed by atoms with van der Waals surface area (Å²) in [6.45, 7) is 3.92. The van der Waals surface area contributed by atoms with Crippen molar-refractivity contribution in [1.82, 2.24) is 9.62 Å². The van der Waals surface area contributed by atoms with Gasteiger partial charge < -0.3 is 14.4 Å². The van der Waals surface area contributed by atoms with E-state index in [1.807, 2.05) is 32.8 Å². The number of rotatable bonds is 6. The van der Waals surface area contributed by atoms with Gasteiger partial charge in [-0.15, -0.1) is 0 Å². The van der Waals surface area contributed by atoms with E-state index in [-0.39, 0.29) is 12.1 Å². The Hall–Kier alpha value is -1.38. The summed E-state index contributed by atoms with van der Waals surface area (Å²) in [6, 6.07) is 2.22. The topological polar surface area (TPSA) is 99.9 Å². The van der Waals surface area contributed by atoms with Gasteiger partial charge in [-0.05, 0) is 40.1 Å². The summed E-state index contributed by atoms with van der Waals surface area (Å²) in [7, 11) is -0.172. The summed E-state index contributed by atoms with van der Waals surface area (Å²) in [6.07, 6.45) is 0. The van der Waals surface area contributed by atoms with Crippen molar-refractivity contribution < 1.29 is 22.7 Å². The minimum atomic E-state index is -3.85. The third-order valence-electron chi connectivity index (χ3n) is 2.96. The van der Waals surface area contributed by atoms with Crippen molar-refractivity contribution in [2.75, 3.05) is 20.6 Å². The van der Waals surface area contributed by atoms with E-state index >= 15 is 0 Å². The predicted molar refractivity (Wildman–Crippen MR) is 68.6 cm³/mol. The number of carbonyl (C=O) groups is 1. The standard InChI is InChI=1S/C11H18N2O5S/c1-11(2,13(3)4)7-12-19(16,17)9-6-5-8(18-9)10(14)15/h5-6,12H,7H2,1-4H3,(H,14,15). The van der Waals surface area contributed by atoms with Crippen LogP contribution in [0.1, 0.15) is 24.4 Å². The molecule has 1 rings (SSSR count). The van der Waals surface area contributed by atoms with E-state index in [1.54, 1.807) is 0 Å². The van der Waals surface area contributed by atoms with Gasteiger partial charge in [-0.3, -0.25) is 0 Å². The molecule has 0 saturated carbocycles. The minimum Gasteiger partial charge on any atom is -0.475 e. The van der Waals surface area contributed by atoms with Gasteiger partial charge in [-0.2, -0.15) is 0 Å². The second kappa shape index (κ2) is 5.32. The van der Waals surface area contributed by atoms with E-state index in [0.717, 1.165) is 12.1 Å². The molecule has 0 fully saturated rings. The van der Waals surface area contributed by atoms with Crippen LogP contribution in [0.3, 0.4) is 0 Å². The zero-order chi connectivity index (χ0) is 14.8. The van der Waals surface area contributed by atoms with Gasteiger partial charge in [0.1, 0.15) is 0 Å². The van der Waals surface area contributed by atoms with Crippen LogP contribution in [0.25, 0.3) is 0 Å². The van der Waals surface area contributed by atoms with Crippen molar-refractivity contribution in [3.8, 4) is 0 Å². The molecule has 0 aliphatic carbocycles. The molecule has 0 bridgehead atoms. The van der Waals surface area contributed by atoms with Gasteiger partial charge in [0.05, 0.1) is 0 Å². The number of hydrogen-bond donors (Lipinski definition) is 2. The molecule has 0 saturated heterocycles. The highest BCUT2D eigenvalue weighted by Crippen LogP contribution is 2.15. The first-order chi connectivity index (χ1) is 8.56. The first-order valence-corrected chi connectivity index (χ1v) is 7.05. The molecule has 0 atom stereocenters. The van der Waals surface area contributed by atoms with Gasteiger partial charge in [0.15, 0.2) is 0 Å². The van der Waals surface area contributed by atoms with Crippen LogP contribution < -0.4 is 4.72 Å². The van der Waals surface area contributed by atoms with E-state index < -0.39 is 26.8 Å². The first kappa shape index (κ1) is 15.7. The minimum absolute atomic E-state index is 0.172. The molecule has 8 heteroatoms. The smallest absolute Gasteiger partial charge is 0.371 e. The maximum Gasteiger partial charge on any atom is 0.371 e. The van der Waals surface area contributed by atoms with Gasteiger partial charge in [0.25, 0.3) is 10.0 Å². The fourth-order valence-corrected chi connectivity index (χ4v) is 2.21. The van der Waals surface area contributed by atoms with Crippen LogP contribution in [0, 0.1) is 0 Å². The quantitative estimate of drug-likeness (QED) is 0.795. The Morgan fingerprint density at radius 3 is 2.42 bits per heavy atom. The van der Waals surface area contributed by atoms with E-state index in [0.29, 0.717) is 0 Å². The van der Waals surface area contributed by atoms with Crippen LogP contribution in [0.4, 0.5) is 0 Å². The highest BCUT2D eigenvalue weighted by atomic mass is 32.2. The summed E-state index contributed by atoms with van der Waals surface area (Å²) in [5.41, 5.74) is -0.380. The van der Waals surface area contributed by atoms with Crippen LogP contribution in [0.15, 0.2) is 21.6 Å². The zero-order valence-corrected chi connectivity index (χ0v) is 12.1. The summed E-state index contributed by atoms with van der Waals surface area (Å²) in [5, 5.41) is 8.28. The molecular formula is C11H18N2O5S. The van der Waals surface area contributed by atoms with Crippen molar-refractivity contribution in [3.63, 3.8) is 0 Å². The van der Waals surface area contributed by atoms with Gasteiger partial charge in [-0.25, -0.2) is 17.9 Å². The molecule has 19 heavy (non-hydrogen) atoms. The lowest BCUT2D eigenvalue weighted by molar-refractivity contribution is 0.0656. The third-order valence-corrected chi connectivity index (χ3v) is 4.24. The third kappa shape index (κ3) is 3.79. The Kier molecular flexibility index (Phi) is 4.39. The van der Waals surface area contributed by atoms with Crippen LogP contribution in [0.2, 0.25) is 0 Å². The maximum atomic E-state index is 11.9. The zero-order valence-electron chi connectivity index (χ0n) is 11.3. The molecule has 1 heterocycles. The number of carboxylic acid groups (broad SMARTS) is 1. The van der Waals surface area contributed by atoms with E-state index in [9.17, 15) is 13.2 Å². The summed E-state index contributed by atoms with van der Waals surface area (Å²) in [5.74, 6) is -1.72. The molecular weight excluding hydrogens is 272 g/mol. The second-order valence-electron chi connectivity index (χ2n) is 4.96. The molecule has 0 radical (unpaired) electrons. The van der Waals surface area contributed by atoms with E-state index in [4.69, 9.17) is 9.52 Å². The Balaban J connectivity index is 2.84. The fraction of sp³-hybridized carbons (Fsp3) is 0.545. The number of aromatic carboxylic acids is 1. The van der Waals surface area contributed by atoms with Crippen molar-refractivity contribution in [3.05, 3.63) is 17.9 Å². The number of carboxylic acids is 1. The molecule has 0 aliphatic rings. The number of sulfonamides is 1. The molecule has 108 valence electrons. The van der Waals surface area contributed by atoms with Gasteiger partial charge in [0.2, 0.25) is 10.9 Å². The molecule has 1 aromatic rings. The Morgan fingerprint density at radius 1 is 1.42 bits per heavy atom. The van der Waals surface area contributed by atoms with Gasteiger partial charge >= 0.3 is 5.97 Å². The van der Waals surface area contributed by atoms with E-state index in [2.05, 4.69) is 4.72 Å². The predicted octanol–water partition coefficient (Wildman–Crippen LogP) is 0.596. The largest absolute Gasteiger partial charge is 0.475 e. The molecule has 0 unspecified atom stereocenters. The van der Waals surface area contributed by atoms with Crippen molar-refractivity contribution in [2.24, 2.45) is 0 Å². The molecule has 0 spiro atoms. The number of furan rings is 1. The Morgan fingerprint density at radius 2 is 2.00 bits per heavy atom. The molecule has 0 aliphatic heterocycles. The highest BCUT2D eigenvalue weighted by molar-refractivity contribution is 7.89. The van der Waals surface area contributed by atoms with Crippen molar-refractivity contribution in [2.45, 2.75) is 24.5 Å². The van der Waals surface area contributed by atoms with Crippen LogP contribution in [-0.2, 0) is 10.0 Å². The van der Waals surface area contributed by atoms with Crippen LogP contribution in [-0.4, -0.2) is 50.6 Å². The van der Waals surface area contributed by atoms with Gasteiger partial charge in [-0.1, -0.05) is 0 Å². The van der Waals surface area contributed by atoms with E-state index in [1.165, 1.54) is 0 Å². The Labute approximate surface area is 112 Å². The average molecular weight is 290 g/mol. The monoisotopic (exact) mass is 290 g/mol. The number of hydrogen-bond acceptors (Lipinski definition) is 5. The molecule has 7 nitrogen and oxygen atoms in total. The van der Waals surface area contributed by atoms with Gasteiger partial charge in [0, 0.05) is 12.1 Å². The average Bonchev–Trinajstić information content (AvgIpc) is 2.76. The van der Waals surface area contributed by atoms with Crippen molar-refractivity contribution in [1.29, 1.82) is 0 Å². The number of nitrogens with zero attached hydrogens (tertiary/aromatic N) is 1. The molecule has 1 aromatic heterocycles. The van der Waals surface area contributed by atoms with Crippen molar-refractivity contribution >= 4 is 16.0 Å². The SMILES string of the molecule is CN(C)C(C)(C)CNS(=O)(=O)c1ccc(C(=O)O)o1. The number of nitrogens with one attached hydrogen (secondary N) is 1. The number of likely N-dealkylation sites (N-methyl/N-ethyl adjacent to an activating group) is 1. The van der Waals surface area contributed by atoms with Crippen LogP contribution in [0.5, 0.6) is 0 Å². The lowest BCUT2D eigenvalue weighted by atomic mass is 10.1. The normalized spacial score (nSPS) is 12.9.